The maximum atomic E-state index is 13.0. The number of methoxy groups -OCH3 is 1. The van der Waals surface area contributed by atoms with Gasteiger partial charge in [0.15, 0.2) is 0 Å². The molecule has 1 aliphatic heterocycles. The van der Waals surface area contributed by atoms with Crippen LogP contribution in [0.4, 0.5) is 0 Å². The zero-order chi connectivity index (χ0) is 20.8. The lowest BCUT2D eigenvalue weighted by molar-refractivity contribution is 0.370. The summed E-state index contributed by atoms with van der Waals surface area (Å²) in [6.45, 7) is 1.40. The van der Waals surface area contributed by atoms with E-state index >= 15 is 0 Å². The van der Waals surface area contributed by atoms with E-state index in [9.17, 15) is 9.59 Å². The number of rotatable bonds is 4. The average Bonchev–Trinajstić information content (AvgIpc) is 3.20. The zero-order valence-electron chi connectivity index (χ0n) is 17.4. The monoisotopic (exact) mass is 405 g/mol. The van der Waals surface area contributed by atoms with E-state index in [1.54, 1.807) is 24.8 Å². The molecular weight excluding hydrogens is 378 g/mol. The third kappa shape index (κ3) is 2.89. The standard InChI is InChI=1S/C24H27N3O3/c1-26-20-8-4-3-6-18(20)23(28)27(24(26)29)13-12-19-22-15(14-25-19)10-11-16-17(22)7-5-9-21(16)30-2/h3-9,15,19,22,25H,10-14H2,1-2H3/t15-,19?,22-/m1/s1. The number of aryl methyl sites for hydroxylation is 1. The van der Waals surface area contributed by atoms with Crippen LogP contribution in [-0.2, 0) is 20.0 Å². The van der Waals surface area contributed by atoms with Crippen molar-refractivity contribution in [3.63, 3.8) is 0 Å². The Kier molecular flexibility index (Phi) is 4.74. The van der Waals surface area contributed by atoms with Gasteiger partial charge in [-0.05, 0) is 61.1 Å². The van der Waals surface area contributed by atoms with Gasteiger partial charge < -0.3 is 10.1 Å². The molecule has 1 aliphatic carbocycles. The predicted octanol–water partition coefficient (Wildman–Crippen LogP) is 2.42. The number of nitrogens with one attached hydrogen (secondary N) is 1. The van der Waals surface area contributed by atoms with Gasteiger partial charge in [-0.2, -0.15) is 0 Å². The van der Waals surface area contributed by atoms with Crippen LogP contribution < -0.4 is 21.3 Å². The van der Waals surface area contributed by atoms with Crippen molar-refractivity contribution in [1.29, 1.82) is 0 Å². The third-order valence-corrected chi connectivity index (χ3v) is 7.02. The quantitative estimate of drug-likeness (QED) is 0.724. The van der Waals surface area contributed by atoms with E-state index in [0.717, 1.165) is 31.6 Å². The first-order valence-corrected chi connectivity index (χ1v) is 10.7. The summed E-state index contributed by atoms with van der Waals surface area (Å²) in [5, 5.41) is 4.26. The van der Waals surface area contributed by atoms with Gasteiger partial charge in [-0.15, -0.1) is 0 Å². The van der Waals surface area contributed by atoms with Crippen LogP contribution in [0.1, 0.15) is 29.9 Å². The maximum absolute atomic E-state index is 13.0. The summed E-state index contributed by atoms with van der Waals surface area (Å²) in [6, 6.07) is 13.9. The van der Waals surface area contributed by atoms with Crippen molar-refractivity contribution in [2.75, 3.05) is 13.7 Å². The van der Waals surface area contributed by atoms with Gasteiger partial charge >= 0.3 is 5.69 Å². The van der Waals surface area contributed by atoms with Gasteiger partial charge in [0.2, 0.25) is 0 Å². The molecule has 1 saturated heterocycles. The van der Waals surface area contributed by atoms with E-state index in [0.29, 0.717) is 29.3 Å². The van der Waals surface area contributed by atoms with Crippen LogP contribution in [0.5, 0.6) is 5.75 Å². The third-order valence-electron chi connectivity index (χ3n) is 7.02. The van der Waals surface area contributed by atoms with Gasteiger partial charge in [-0.3, -0.25) is 13.9 Å². The molecule has 1 unspecified atom stereocenters. The normalized spacial score (nSPS) is 22.7. The summed E-state index contributed by atoms with van der Waals surface area (Å²) in [7, 11) is 3.46. The fourth-order valence-corrected chi connectivity index (χ4v) is 5.53. The number of nitrogens with zero attached hydrogens (tertiary/aromatic N) is 2. The Hall–Kier alpha value is -2.86. The Labute approximate surface area is 175 Å². The summed E-state index contributed by atoms with van der Waals surface area (Å²) >= 11 is 0. The lowest BCUT2D eigenvalue weighted by Gasteiger charge is -2.32. The fraction of sp³-hybridized carbons (Fsp3) is 0.417. The Morgan fingerprint density at radius 1 is 1.13 bits per heavy atom. The molecule has 6 heteroatoms. The highest BCUT2D eigenvalue weighted by atomic mass is 16.5. The second kappa shape index (κ2) is 7.43. The molecule has 156 valence electrons. The average molecular weight is 405 g/mol. The number of fused-ring (bicyclic) bond motifs is 4. The molecule has 2 heterocycles. The summed E-state index contributed by atoms with van der Waals surface area (Å²) < 4.78 is 8.57. The van der Waals surface area contributed by atoms with Crippen LogP contribution >= 0.6 is 0 Å². The fourth-order valence-electron chi connectivity index (χ4n) is 5.53. The van der Waals surface area contributed by atoms with Crippen LogP contribution in [0.25, 0.3) is 10.9 Å². The number of hydrogen-bond donors (Lipinski definition) is 1. The first kappa shape index (κ1) is 19.1. The first-order chi connectivity index (χ1) is 14.6. The molecule has 30 heavy (non-hydrogen) atoms. The van der Waals surface area contributed by atoms with Crippen molar-refractivity contribution < 1.29 is 4.74 Å². The summed E-state index contributed by atoms with van der Waals surface area (Å²) in [6.07, 6.45) is 2.92. The molecule has 0 saturated carbocycles. The van der Waals surface area contributed by atoms with E-state index in [1.165, 1.54) is 15.7 Å². The van der Waals surface area contributed by atoms with Crippen LogP contribution in [0, 0.1) is 5.92 Å². The second-order valence-electron chi connectivity index (χ2n) is 8.47. The Balaban J connectivity index is 1.47. The molecule has 6 nitrogen and oxygen atoms in total. The van der Waals surface area contributed by atoms with Crippen molar-refractivity contribution in [2.24, 2.45) is 13.0 Å². The highest BCUT2D eigenvalue weighted by Gasteiger charge is 2.40. The number of hydrogen-bond acceptors (Lipinski definition) is 4. The van der Waals surface area contributed by atoms with Gasteiger partial charge in [0.05, 0.1) is 18.0 Å². The highest BCUT2D eigenvalue weighted by Crippen LogP contribution is 2.45. The van der Waals surface area contributed by atoms with Gasteiger partial charge in [0.1, 0.15) is 5.75 Å². The van der Waals surface area contributed by atoms with Crippen molar-refractivity contribution in [3.8, 4) is 5.75 Å². The van der Waals surface area contributed by atoms with Gasteiger partial charge in [0.25, 0.3) is 5.56 Å². The number of aromatic nitrogens is 2. The topological polar surface area (TPSA) is 65.3 Å². The molecule has 5 rings (SSSR count). The van der Waals surface area contributed by atoms with Crippen molar-refractivity contribution in [1.82, 2.24) is 14.5 Å². The minimum atomic E-state index is -0.251. The van der Waals surface area contributed by atoms with Crippen molar-refractivity contribution in [2.45, 2.75) is 37.8 Å². The molecule has 2 aromatic carbocycles. The molecular formula is C24H27N3O3. The molecule has 0 bridgehead atoms. The molecule has 0 radical (unpaired) electrons. The van der Waals surface area contributed by atoms with Crippen LogP contribution in [0.2, 0.25) is 0 Å². The molecule has 3 atom stereocenters. The summed E-state index contributed by atoms with van der Waals surface area (Å²) in [5.41, 5.74) is 2.90. The smallest absolute Gasteiger partial charge is 0.331 e. The van der Waals surface area contributed by atoms with Gasteiger partial charge in [-0.25, -0.2) is 4.79 Å². The van der Waals surface area contributed by atoms with Gasteiger partial charge in [-0.1, -0.05) is 24.3 Å². The minimum absolute atomic E-state index is 0.200. The summed E-state index contributed by atoms with van der Waals surface area (Å²) in [4.78, 5) is 25.8. The Morgan fingerprint density at radius 3 is 2.80 bits per heavy atom. The van der Waals surface area contributed by atoms with Crippen molar-refractivity contribution >= 4 is 10.9 Å². The lowest BCUT2D eigenvalue weighted by Crippen LogP contribution is -2.41. The minimum Gasteiger partial charge on any atom is -0.496 e. The number of ether oxygens (including phenoxy) is 1. The van der Waals surface area contributed by atoms with Crippen molar-refractivity contribution in [3.05, 3.63) is 74.4 Å². The second-order valence-corrected chi connectivity index (χ2v) is 8.47. The largest absolute Gasteiger partial charge is 0.496 e. The molecule has 1 aromatic heterocycles. The molecule has 3 aromatic rings. The van der Waals surface area contributed by atoms with E-state index in [2.05, 4.69) is 17.4 Å². The highest BCUT2D eigenvalue weighted by molar-refractivity contribution is 5.77. The van der Waals surface area contributed by atoms with E-state index in [1.807, 2.05) is 24.3 Å². The lowest BCUT2D eigenvalue weighted by atomic mass is 9.73. The first-order valence-electron chi connectivity index (χ1n) is 10.7. The number of para-hydroxylation sites is 1. The Morgan fingerprint density at radius 2 is 1.97 bits per heavy atom. The van der Waals surface area contributed by atoms with Crippen LogP contribution in [0.15, 0.2) is 52.1 Å². The molecule has 1 fully saturated rings. The van der Waals surface area contributed by atoms with E-state index in [-0.39, 0.29) is 17.3 Å². The zero-order valence-corrected chi connectivity index (χ0v) is 17.4. The molecule has 0 amide bonds. The molecule has 2 aliphatic rings. The Bertz CT molecular complexity index is 1230. The van der Waals surface area contributed by atoms with Crippen LogP contribution in [0.3, 0.4) is 0 Å². The van der Waals surface area contributed by atoms with E-state index in [4.69, 9.17) is 4.74 Å². The number of benzene rings is 2. The van der Waals surface area contributed by atoms with Crippen LogP contribution in [-0.4, -0.2) is 28.8 Å². The maximum Gasteiger partial charge on any atom is 0.331 e. The molecule has 0 spiro atoms. The summed E-state index contributed by atoms with van der Waals surface area (Å²) in [5.74, 6) is 1.95. The van der Waals surface area contributed by atoms with Gasteiger partial charge in [0, 0.05) is 25.6 Å². The molecule has 1 N–H and O–H groups in total. The SMILES string of the molecule is COc1cccc2c1CC[C@@H]1CNC(CCn3c(=O)c4ccccc4n(C)c3=O)[C@@H]21. The predicted molar refractivity (Wildman–Crippen MR) is 117 cm³/mol. The van der Waals surface area contributed by atoms with E-state index < -0.39 is 0 Å².